The van der Waals surface area contributed by atoms with Crippen molar-refractivity contribution in [3.63, 3.8) is 0 Å². The zero-order chi connectivity index (χ0) is 15.1. The van der Waals surface area contributed by atoms with Crippen molar-refractivity contribution in [1.82, 2.24) is 10.2 Å². The van der Waals surface area contributed by atoms with Crippen LogP contribution >= 0.6 is 0 Å². The van der Waals surface area contributed by atoms with Crippen LogP contribution in [-0.4, -0.2) is 48.1 Å². The van der Waals surface area contributed by atoms with Crippen molar-refractivity contribution in [2.24, 2.45) is 5.92 Å². The van der Waals surface area contributed by atoms with E-state index in [1.165, 1.54) is 0 Å². The van der Waals surface area contributed by atoms with Gasteiger partial charge in [-0.05, 0) is 31.4 Å². The molecule has 1 aromatic rings. The normalized spacial score (nSPS) is 30.2. The first-order chi connectivity index (χ1) is 10.7. The fourth-order valence-corrected chi connectivity index (χ4v) is 3.52. The van der Waals surface area contributed by atoms with Gasteiger partial charge in [-0.15, -0.1) is 0 Å². The lowest BCUT2D eigenvalue weighted by Crippen LogP contribution is -2.39. The van der Waals surface area contributed by atoms with Gasteiger partial charge in [0.2, 0.25) is 5.91 Å². The first-order valence-electron chi connectivity index (χ1n) is 8.02. The fourth-order valence-electron chi connectivity index (χ4n) is 3.52. The lowest BCUT2D eigenvalue weighted by Gasteiger charge is -2.22. The van der Waals surface area contributed by atoms with Crippen LogP contribution in [-0.2, 0) is 9.53 Å². The van der Waals surface area contributed by atoms with Crippen LogP contribution in [0.1, 0.15) is 29.6 Å². The van der Waals surface area contributed by atoms with Crippen molar-refractivity contribution < 1.29 is 14.3 Å². The summed E-state index contributed by atoms with van der Waals surface area (Å²) in [7, 11) is 0. The Labute approximate surface area is 129 Å². The predicted molar refractivity (Wildman–Crippen MR) is 80.3 cm³/mol. The van der Waals surface area contributed by atoms with Crippen LogP contribution in [0.5, 0.6) is 0 Å². The predicted octanol–water partition coefficient (Wildman–Crippen LogP) is 1.19. The molecule has 4 rings (SSSR count). The Kier molecular flexibility index (Phi) is 3.37. The molecule has 1 saturated carbocycles. The molecule has 0 radical (unpaired) electrons. The molecule has 0 bridgehead atoms. The first kappa shape index (κ1) is 13.8. The molecule has 1 aromatic carbocycles. The number of hydrogen-bond acceptors (Lipinski definition) is 3. The minimum absolute atomic E-state index is 0.00261. The van der Waals surface area contributed by atoms with Crippen molar-refractivity contribution in [2.75, 3.05) is 13.2 Å². The van der Waals surface area contributed by atoms with Gasteiger partial charge in [-0.3, -0.25) is 9.59 Å². The number of nitrogens with one attached hydrogen (secondary N) is 1. The van der Waals surface area contributed by atoms with Gasteiger partial charge in [-0.1, -0.05) is 18.2 Å². The molecule has 0 aromatic heterocycles. The summed E-state index contributed by atoms with van der Waals surface area (Å²) in [5.41, 5.74) is 0.677. The van der Waals surface area contributed by atoms with Gasteiger partial charge in [0.15, 0.2) is 0 Å². The second-order valence-corrected chi connectivity index (χ2v) is 6.40. The third-order valence-electron chi connectivity index (χ3n) is 4.84. The Morgan fingerprint density at radius 3 is 2.64 bits per heavy atom. The third-order valence-corrected chi connectivity index (χ3v) is 4.84. The SMILES string of the molecule is O=C(NC1CC1)[C@@H]1CN(C(=O)c2ccccc2)[C@H]2CCO[C@@H]12. The minimum Gasteiger partial charge on any atom is -0.375 e. The summed E-state index contributed by atoms with van der Waals surface area (Å²) in [6.45, 7) is 1.09. The van der Waals surface area contributed by atoms with Crippen LogP contribution in [0, 0.1) is 5.92 Å². The van der Waals surface area contributed by atoms with Gasteiger partial charge in [0.05, 0.1) is 18.1 Å². The molecule has 2 saturated heterocycles. The second-order valence-electron chi connectivity index (χ2n) is 6.40. The van der Waals surface area contributed by atoms with Gasteiger partial charge in [-0.2, -0.15) is 0 Å². The molecule has 5 nitrogen and oxygen atoms in total. The van der Waals surface area contributed by atoms with E-state index in [2.05, 4.69) is 5.32 Å². The number of ether oxygens (including phenoxy) is 1. The summed E-state index contributed by atoms with van der Waals surface area (Å²) in [5.74, 6) is -0.189. The Bertz CT molecular complexity index is 585. The highest BCUT2D eigenvalue weighted by Crippen LogP contribution is 2.35. The summed E-state index contributed by atoms with van der Waals surface area (Å²) in [4.78, 5) is 27.0. The number of amides is 2. The van der Waals surface area contributed by atoms with Gasteiger partial charge in [0, 0.05) is 24.8 Å². The smallest absolute Gasteiger partial charge is 0.254 e. The van der Waals surface area contributed by atoms with Crippen molar-refractivity contribution in [3.8, 4) is 0 Å². The molecule has 0 spiro atoms. The van der Waals surface area contributed by atoms with Crippen LogP contribution in [0.4, 0.5) is 0 Å². The molecule has 3 aliphatic rings. The molecular formula is C17H20N2O3. The molecule has 1 N–H and O–H groups in total. The van der Waals surface area contributed by atoms with E-state index in [-0.39, 0.29) is 29.9 Å². The number of carbonyl (C=O) groups excluding carboxylic acids is 2. The molecule has 0 unspecified atom stereocenters. The zero-order valence-corrected chi connectivity index (χ0v) is 12.4. The largest absolute Gasteiger partial charge is 0.375 e. The first-order valence-corrected chi connectivity index (χ1v) is 8.02. The highest BCUT2D eigenvalue weighted by Gasteiger charge is 2.50. The summed E-state index contributed by atoms with van der Waals surface area (Å²) in [5, 5.41) is 3.05. The van der Waals surface area contributed by atoms with Crippen molar-refractivity contribution in [3.05, 3.63) is 35.9 Å². The maximum absolute atomic E-state index is 12.7. The number of hydrogen-bond donors (Lipinski definition) is 1. The Balaban J connectivity index is 1.53. The van der Waals surface area contributed by atoms with E-state index >= 15 is 0 Å². The number of fused-ring (bicyclic) bond motifs is 1. The molecule has 3 fully saturated rings. The Morgan fingerprint density at radius 2 is 1.91 bits per heavy atom. The van der Waals surface area contributed by atoms with E-state index in [0.29, 0.717) is 24.8 Å². The second kappa shape index (κ2) is 5.39. The van der Waals surface area contributed by atoms with E-state index in [0.717, 1.165) is 19.3 Å². The van der Waals surface area contributed by atoms with Gasteiger partial charge in [0.25, 0.3) is 5.91 Å². The van der Waals surface area contributed by atoms with Crippen LogP contribution in [0.2, 0.25) is 0 Å². The summed E-state index contributed by atoms with van der Waals surface area (Å²) >= 11 is 0. The van der Waals surface area contributed by atoms with Crippen LogP contribution in [0.25, 0.3) is 0 Å². The molecule has 22 heavy (non-hydrogen) atoms. The molecule has 3 atom stereocenters. The number of benzene rings is 1. The summed E-state index contributed by atoms with van der Waals surface area (Å²) in [6, 6.07) is 9.64. The minimum atomic E-state index is -0.235. The van der Waals surface area contributed by atoms with E-state index in [9.17, 15) is 9.59 Å². The topological polar surface area (TPSA) is 58.6 Å². The average Bonchev–Trinajstić information content (AvgIpc) is 3.10. The summed E-state index contributed by atoms with van der Waals surface area (Å²) < 4.78 is 5.77. The highest BCUT2D eigenvalue weighted by atomic mass is 16.5. The highest BCUT2D eigenvalue weighted by molar-refractivity contribution is 5.95. The van der Waals surface area contributed by atoms with Gasteiger partial charge in [-0.25, -0.2) is 0 Å². The van der Waals surface area contributed by atoms with Crippen LogP contribution in [0.3, 0.4) is 0 Å². The average molecular weight is 300 g/mol. The molecule has 1 aliphatic carbocycles. The number of rotatable bonds is 3. The van der Waals surface area contributed by atoms with Gasteiger partial charge >= 0.3 is 0 Å². The number of nitrogens with zero attached hydrogens (tertiary/aromatic N) is 1. The Hall–Kier alpha value is -1.88. The van der Waals surface area contributed by atoms with E-state index < -0.39 is 0 Å². The van der Waals surface area contributed by atoms with Crippen molar-refractivity contribution >= 4 is 11.8 Å². The molecule has 2 aliphatic heterocycles. The van der Waals surface area contributed by atoms with E-state index in [4.69, 9.17) is 4.74 Å². The third kappa shape index (κ3) is 2.39. The maximum Gasteiger partial charge on any atom is 0.254 e. The quantitative estimate of drug-likeness (QED) is 0.912. The maximum atomic E-state index is 12.7. The van der Waals surface area contributed by atoms with E-state index in [1.54, 1.807) is 0 Å². The summed E-state index contributed by atoms with van der Waals surface area (Å²) in [6.07, 6.45) is 2.81. The lowest BCUT2D eigenvalue weighted by molar-refractivity contribution is -0.127. The lowest BCUT2D eigenvalue weighted by atomic mass is 10.0. The van der Waals surface area contributed by atoms with Crippen LogP contribution in [0.15, 0.2) is 30.3 Å². The zero-order valence-electron chi connectivity index (χ0n) is 12.4. The molecular weight excluding hydrogens is 280 g/mol. The molecule has 2 heterocycles. The molecule has 2 amide bonds. The van der Waals surface area contributed by atoms with Crippen molar-refractivity contribution in [1.29, 1.82) is 0 Å². The van der Waals surface area contributed by atoms with Gasteiger partial charge < -0.3 is 15.0 Å². The number of likely N-dealkylation sites (tertiary alicyclic amines) is 1. The Morgan fingerprint density at radius 1 is 1.14 bits per heavy atom. The molecule has 5 heteroatoms. The standard InChI is InChI=1S/C17H20N2O3/c20-16(18-12-6-7-12)13-10-19(14-8-9-22-15(13)14)17(21)11-4-2-1-3-5-11/h1-5,12-15H,6-10H2,(H,18,20)/t13-,14+,15+/m1/s1. The monoisotopic (exact) mass is 300 g/mol. The van der Waals surface area contributed by atoms with Gasteiger partial charge in [0.1, 0.15) is 0 Å². The fraction of sp³-hybridized carbons (Fsp3) is 0.529. The van der Waals surface area contributed by atoms with Crippen molar-refractivity contribution in [2.45, 2.75) is 37.5 Å². The van der Waals surface area contributed by atoms with Crippen LogP contribution < -0.4 is 5.32 Å². The number of carbonyl (C=O) groups is 2. The molecule has 116 valence electrons. The van der Waals surface area contributed by atoms with E-state index in [1.807, 2.05) is 35.2 Å².